The first kappa shape index (κ1) is 18.7. The lowest BCUT2D eigenvalue weighted by Gasteiger charge is -2.35. The number of rotatable bonds is 5. The van der Waals surface area contributed by atoms with Gasteiger partial charge in [-0.05, 0) is 31.7 Å². The molecule has 1 aromatic heterocycles. The lowest BCUT2D eigenvalue weighted by atomic mass is 10.1. The zero-order valence-corrected chi connectivity index (χ0v) is 16.5. The van der Waals surface area contributed by atoms with Crippen LogP contribution >= 0.6 is 11.8 Å². The van der Waals surface area contributed by atoms with Gasteiger partial charge in [0.2, 0.25) is 0 Å². The van der Waals surface area contributed by atoms with Gasteiger partial charge in [-0.15, -0.1) is 0 Å². The minimum Gasteiger partial charge on any atom is -0.495 e. The van der Waals surface area contributed by atoms with Crippen molar-refractivity contribution in [2.45, 2.75) is 16.9 Å². The van der Waals surface area contributed by atoms with Crippen LogP contribution in [0.5, 0.6) is 5.75 Å². The van der Waals surface area contributed by atoms with Crippen LogP contribution in [0.25, 0.3) is 0 Å². The number of carbonyl (C=O) groups is 1. The highest BCUT2D eigenvalue weighted by atomic mass is 32.2. The van der Waals surface area contributed by atoms with E-state index < -0.39 is 0 Å². The van der Waals surface area contributed by atoms with Gasteiger partial charge in [0.1, 0.15) is 12.0 Å². The smallest absolute Gasteiger partial charge is 0.254 e. The number of hydrogen-bond acceptors (Lipinski definition) is 6. The molecule has 0 saturated carbocycles. The second-order valence-electron chi connectivity index (χ2n) is 6.42. The van der Waals surface area contributed by atoms with Crippen LogP contribution in [0.15, 0.2) is 38.9 Å². The molecule has 6 nitrogen and oxygen atoms in total. The fraction of sp³-hybridized carbons (Fsp3) is 0.421. The van der Waals surface area contributed by atoms with E-state index in [0.717, 1.165) is 48.1 Å². The van der Waals surface area contributed by atoms with Crippen molar-refractivity contribution in [3.63, 3.8) is 0 Å². The van der Waals surface area contributed by atoms with E-state index in [1.165, 1.54) is 18.0 Å². The van der Waals surface area contributed by atoms with E-state index in [2.05, 4.69) is 41.2 Å². The molecule has 7 heteroatoms. The number of hydrogen-bond donors (Lipinski definition) is 1. The standard InChI is InChI=1S/C19H25N3O3S/c1-13-9-15(22-7-5-21(3)6-8-22)16(24-4)11-17(13)26-18-10-14(12-25-18)19(23)20-2/h9-12H,5-8H2,1-4H3,(H,20,23). The van der Waals surface area contributed by atoms with Gasteiger partial charge in [-0.25, -0.2) is 0 Å². The molecule has 2 heterocycles. The summed E-state index contributed by atoms with van der Waals surface area (Å²) in [6.07, 6.45) is 1.48. The number of piperazine rings is 1. The summed E-state index contributed by atoms with van der Waals surface area (Å²) in [5, 5.41) is 3.28. The van der Waals surface area contributed by atoms with Crippen LogP contribution in [0.1, 0.15) is 15.9 Å². The second kappa shape index (κ2) is 8.05. The molecule has 1 amide bonds. The predicted octanol–water partition coefficient (Wildman–Crippen LogP) is 2.86. The summed E-state index contributed by atoms with van der Waals surface area (Å²) in [5.41, 5.74) is 2.81. The Morgan fingerprint density at radius 1 is 1.23 bits per heavy atom. The average Bonchev–Trinajstić information content (AvgIpc) is 3.11. The van der Waals surface area contributed by atoms with Gasteiger partial charge in [-0.1, -0.05) is 11.8 Å². The van der Waals surface area contributed by atoms with Crippen molar-refractivity contribution in [3.8, 4) is 5.75 Å². The molecule has 1 aliphatic heterocycles. The zero-order valence-electron chi connectivity index (χ0n) is 15.7. The number of nitrogens with one attached hydrogen (secondary N) is 1. The van der Waals surface area contributed by atoms with Crippen LogP contribution in [0.3, 0.4) is 0 Å². The topological polar surface area (TPSA) is 58.0 Å². The van der Waals surface area contributed by atoms with E-state index in [-0.39, 0.29) is 5.91 Å². The summed E-state index contributed by atoms with van der Waals surface area (Å²) in [6.45, 7) is 6.17. The Balaban J connectivity index is 1.82. The van der Waals surface area contributed by atoms with E-state index in [1.807, 2.05) is 0 Å². The minimum absolute atomic E-state index is 0.152. The van der Waals surface area contributed by atoms with Gasteiger partial charge in [-0.2, -0.15) is 0 Å². The maximum Gasteiger partial charge on any atom is 0.254 e. The van der Waals surface area contributed by atoms with Crippen molar-refractivity contribution in [2.24, 2.45) is 0 Å². The number of nitrogens with zero attached hydrogens (tertiary/aromatic N) is 2. The Kier molecular flexibility index (Phi) is 5.78. The third-order valence-corrected chi connectivity index (χ3v) is 5.67. The Labute approximate surface area is 158 Å². The van der Waals surface area contributed by atoms with Crippen LogP contribution < -0.4 is 15.0 Å². The van der Waals surface area contributed by atoms with Crippen molar-refractivity contribution >= 4 is 23.4 Å². The maximum absolute atomic E-state index is 11.7. The number of anilines is 1. The lowest BCUT2D eigenvalue weighted by molar-refractivity contribution is 0.0962. The Hall–Kier alpha value is -2.12. The Bertz CT molecular complexity index is 782. The van der Waals surface area contributed by atoms with Crippen molar-refractivity contribution in [3.05, 3.63) is 35.6 Å². The summed E-state index contributed by atoms with van der Waals surface area (Å²) in [7, 11) is 5.46. The fourth-order valence-corrected chi connectivity index (χ4v) is 3.85. The molecule has 0 atom stereocenters. The zero-order chi connectivity index (χ0) is 18.7. The van der Waals surface area contributed by atoms with Gasteiger partial charge >= 0.3 is 0 Å². The molecule has 0 aliphatic carbocycles. The highest BCUT2D eigenvalue weighted by Gasteiger charge is 2.20. The number of likely N-dealkylation sites (N-methyl/N-ethyl adjacent to an activating group) is 1. The van der Waals surface area contributed by atoms with Gasteiger partial charge in [0.25, 0.3) is 5.91 Å². The summed E-state index contributed by atoms with van der Waals surface area (Å²) in [6, 6.07) is 5.98. The SMILES string of the molecule is CNC(=O)c1coc(Sc2cc(OC)c(N3CCN(C)CC3)cc2C)c1. The number of carbonyl (C=O) groups excluding carboxylic acids is 1. The van der Waals surface area contributed by atoms with Crippen molar-refractivity contribution in [1.82, 2.24) is 10.2 Å². The van der Waals surface area contributed by atoms with E-state index in [9.17, 15) is 4.79 Å². The van der Waals surface area contributed by atoms with Crippen LogP contribution in [0.2, 0.25) is 0 Å². The molecule has 140 valence electrons. The molecule has 1 aliphatic rings. The highest BCUT2D eigenvalue weighted by molar-refractivity contribution is 7.99. The molecule has 0 spiro atoms. The third-order valence-electron chi connectivity index (χ3n) is 4.60. The average molecular weight is 375 g/mol. The number of aryl methyl sites for hydroxylation is 1. The van der Waals surface area contributed by atoms with Crippen molar-refractivity contribution in [1.29, 1.82) is 0 Å². The molecule has 2 aromatic rings. The fourth-order valence-electron chi connectivity index (χ4n) is 2.96. The number of benzene rings is 1. The number of ether oxygens (including phenoxy) is 1. The molecule has 0 radical (unpaired) electrons. The first-order valence-corrected chi connectivity index (χ1v) is 9.44. The Morgan fingerprint density at radius 2 is 1.96 bits per heavy atom. The largest absolute Gasteiger partial charge is 0.495 e. The van der Waals surface area contributed by atoms with Crippen LogP contribution in [-0.4, -0.2) is 58.2 Å². The monoisotopic (exact) mass is 375 g/mol. The van der Waals surface area contributed by atoms with Crippen molar-refractivity contribution < 1.29 is 13.9 Å². The summed E-state index contributed by atoms with van der Waals surface area (Å²) in [4.78, 5) is 17.4. The third kappa shape index (κ3) is 3.99. The van der Waals surface area contributed by atoms with E-state index in [4.69, 9.17) is 9.15 Å². The summed E-state index contributed by atoms with van der Waals surface area (Å²) in [5.74, 6) is 0.709. The van der Waals surface area contributed by atoms with E-state index in [1.54, 1.807) is 20.2 Å². The summed E-state index contributed by atoms with van der Waals surface area (Å²) < 4.78 is 11.2. The Morgan fingerprint density at radius 3 is 2.62 bits per heavy atom. The lowest BCUT2D eigenvalue weighted by Crippen LogP contribution is -2.44. The highest BCUT2D eigenvalue weighted by Crippen LogP contribution is 2.39. The first-order valence-electron chi connectivity index (χ1n) is 8.62. The van der Waals surface area contributed by atoms with Gasteiger partial charge < -0.3 is 24.3 Å². The molecule has 26 heavy (non-hydrogen) atoms. The molecule has 0 unspecified atom stereocenters. The van der Waals surface area contributed by atoms with Crippen LogP contribution in [-0.2, 0) is 0 Å². The van der Waals surface area contributed by atoms with E-state index in [0.29, 0.717) is 10.7 Å². The van der Waals surface area contributed by atoms with Gasteiger partial charge in [0, 0.05) is 44.2 Å². The molecular formula is C19H25N3O3S. The predicted molar refractivity (Wildman–Crippen MR) is 104 cm³/mol. The first-order chi connectivity index (χ1) is 12.5. The minimum atomic E-state index is -0.152. The normalized spacial score (nSPS) is 15.2. The number of methoxy groups -OCH3 is 1. The molecule has 0 bridgehead atoms. The molecule has 1 saturated heterocycles. The van der Waals surface area contributed by atoms with Crippen molar-refractivity contribution in [2.75, 3.05) is 52.3 Å². The number of furan rings is 1. The van der Waals surface area contributed by atoms with Crippen LogP contribution in [0, 0.1) is 6.92 Å². The van der Waals surface area contributed by atoms with Gasteiger partial charge in [0.05, 0.1) is 18.4 Å². The van der Waals surface area contributed by atoms with Crippen LogP contribution in [0.4, 0.5) is 5.69 Å². The van der Waals surface area contributed by atoms with E-state index >= 15 is 0 Å². The van der Waals surface area contributed by atoms with Gasteiger partial charge in [0.15, 0.2) is 5.09 Å². The molecular weight excluding hydrogens is 350 g/mol. The van der Waals surface area contributed by atoms with Gasteiger partial charge in [-0.3, -0.25) is 4.79 Å². The second-order valence-corrected chi connectivity index (χ2v) is 7.46. The quantitative estimate of drug-likeness (QED) is 0.867. The number of amides is 1. The molecule has 1 aromatic carbocycles. The summed E-state index contributed by atoms with van der Waals surface area (Å²) >= 11 is 1.49. The molecule has 1 N–H and O–H groups in total. The molecule has 1 fully saturated rings. The molecule has 3 rings (SSSR count). The maximum atomic E-state index is 11.7.